The van der Waals surface area contributed by atoms with E-state index in [0.717, 1.165) is 38.7 Å². The maximum Gasteiger partial charge on any atom is 0.144 e. The van der Waals surface area contributed by atoms with Crippen molar-refractivity contribution in [1.29, 1.82) is 0 Å². The topological polar surface area (TPSA) is 24.1 Å². The van der Waals surface area contributed by atoms with Crippen LogP contribution in [0, 0.1) is 11.8 Å². The fourth-order valence-electron chi connectivity index (χ4n) is 4.35. The first-order valence-electron chi connectivity index (χ1n) is 11.4. The molecule has 8 heteroatoms. The lowest BCUT2D eigenvalue weighted by Gasteiger charge is -2.21. The van der Waals surface area contributed by atoms with Gasteiger partial charge in [0.25, 0.3) is 0 Å². The van der Waals surface area contributed by atoms with E-state index in [0.29, 0.717) is 0 Å². The predicted octanol–water partition coefficient (Wildman–Crippen LogP) is 8.18. The highest BCUT2D eigenvalue weighted by molar-refractivity contribution is 8.91. The number of nitrogens with one attached hydrogen (secondary N) is 2. The molecule has 29 heavy (non-hydrogen) atoms. The summed E-state index contributed by atoms with van der Waals surface area (Å²) in [5.41, 5.74) is 0. The van der Waals surface area contributed by atoms with E-state index in [4.69, 9.17) is 24.4 Å². The monoisotopic (exact) mass is 510 g/mol. The van der Waals surface area contributed by atoms with E-state index in [9.17, 15) is 0 Å². The molecule has 2 aliphatic carbocycles. The van der Waals surface area contributed by atoms with E-state index in [2.05, 4.69) is 10.6 Å². The number of hydrogen-bond acceptors (Lipinski definition) is 6. The molecule has 2 rings (SSSR count). The summed E-state index contributed by atoms with van der Waals surface area (Å²) in [5.74, 6) is 1.94. The van der Waals surface area contributed by atoms with Crippen LogP contribution in [0.2, 0.25) is 0 Å². The number of rotatable bonds is 12. The molecule has 0 unspecified atom stereocenters. The first-order valence-corrected chi connectivity index (χ1v) is 16.8. The van der Waals surface area contributed by atoms with Gasteiger partial charge in [-0.1, -0.05) is 110 Å². The molecular weight excluding hydrogens is 473 g/mol. The van der Waals surface area contributed by atoms with Gasteiger partial charge in [0, 0.05) is 13.1 Å². The van der Waals surface area contributed by atoms with Crippen LogP contribution in [0.3, 0.4) is 0 Å². The maximum absolute atomic E-state index is 5.43. The Bertz CT molecular complexity index is 410. The fourth-order valence-corrected chi connectivity index (χ4v) is 9.77. The highest BCUT2D eigenvalue weighted by Gasteiger charge is 2.13. The standard InChI is InChI=1S/C21H38N2S6/c24-20(22-15-7-13-18-9-3-1-4-10-18)28-26-17-27-29-21(25)23-16-8-14-19-11-5-2-6-12-19/h18-19H,1-17H2,(H,22,24)(H,23,25). The summed E-state index contributed by atoms with van der Waals surface area (Å²) >= 11 is 10.9. The van der Waals surface area contributed by atoms with E-state index in [1.54, 1.807) is 43.2 Å². The Labute approximate surface area is 205 Å². The van der Waals surface area contributed by atoms with Crippen LogP contribution in [0.15, 0.2) is 0 Å². The van der Waals surface area contributed by atoms with Gasteiger partial charge in [0.1, 0.15) is 8.64 Å². The van der Waals surface area contributed by atoms with Crippen molar-refractivity contribution in [1.82, 2.24) is 10.6 Å². The molecule has 2 fully saturated rings. The van der Waals surface area contributed by atoms with Crippen molar-refractivity contribution in [2.45, 2.75) is 89.9 Å². The van der Waals surface area contributed by atoms with E-state index >= 15 is 0 Å². The van der Waals surface area contributed by atoms with Gasteiger partial charge in [-0.15, -0.1) is 0 Å². The minimum absolute atomic E-state index is 0.924. The van der Waals surface area contributed by atoms with E-state index in [1.165, 1.54) is 89.9 Å². The smallest absolute Gasteiger partial charge is 0.144 e. The molecule has 0 bridgehead atoms. The van der Waals surface area contributed by atoms with Crippen molar-refractivity contribution in [2.75, 3.05) is 18.2 Å². The molecule has 0 amide bonds. The molecule has 2 N–H and O–H groups in total. The minimum Gasteiger partial charge on any atom is -0.370 e. The minimum atomic E-state index is 0.924. The third kappa shape index (κ3) is 14.0. The predicted molar refractivity (Wildman–Crippen MR) is 148 cm³/mol. The van der Waals surface area contributed by atoms with Crippen LogP contribution in [0.1, 0.15) is 89.9 Å². The van der Waals surface area contributed by atoms with Crippen LogP contribution in [-0.2, 0) is 0 Å². The van der Waals surface area contributed by atoms with Gasteiger partial charge in [0.2, 0.25) is 0 Å². The molecule has 2 saturated carbocycles. The van der Waals surface area contributed by atoms with Crippen molar-refractivity contribution >= 4 is 76.3 Å². The molecule has 2 nitrogen and oxygen atoms in total. The lowest BCUT2D eigenvalue weighted by molar-refractivity contribution is 0.333. The molecule has 0 heterocycles. The van der Waals surface area contributed by atoms with Gasteiger partial charge < -0.3 is 10.6 Å². The molecular formula is C21H38N2S6. The van der Waals surface area contributed by atoms with Gasteiger partial charge in [-0.3, -0.25) is 0 Å². The zero-order valence-electron chi connectivity index (χ0n) is 17.6. The third-order valence-corrected chi connectivity index (χ3v) is 12.4. The Morgan fingerprint density at radius 1 is 0.655 bits per heavy atom. The van der Waals surface area contributed by atoms with Gasteiger partial charge in [-0.05, 0) is 59.1 Å². The Morgan fingerprint density at radius 2 is 1.07 bits per heavy atom. The quantitative estimate of drug-likeness (QED) is 0.117. The van der Waals surface area contributed by atoms with E-state index in [1.807, 2.05) is 0 Å². The van der Waals surface area contributed by atoms with Crippen molar-refractivity contribution in [3.63, 3.8) is 0 Å². The first kappa shape index (κ1) is 26.4. The number of hydrogen-bond donors (Lipinski definition) is 2. The molecule has 2 aliphatic rings. The largest absolute Gasteiger partial charge is 0.370 e. The van der Waals surface area contributed by atoms with Crippen molar-refractivity contribution in [2.24, 2.45) is 11.8 Å². The molecule has 0 spiro atoms. The van der Waals surface area contributed by atoms with Gasteiger partial charge in [0.05, 0.1) is 5.08 Å². The molecule has 0 aromatic rings. The highest BCUT2D eigenvalue weighted by Crippen LogP contribution is 2.33. The Kier molecular flexibility index (Phi) is 16.1. The summed E-state index contributed by atoms with van der Waals surface area (Å²) in [7, 11) is 6.99. The molecule has 0 aliphatic heterocycles. The second-order valence-corrected chi connectivity index (χ2v) is 14.6. The van der Waals surface area contributed by atoms with Gasteiger partial charge >= 0.3 is 0 Å². The van der Waals surface area contributed by atoms with Crippen LogP contribution < -0.4 is 10.6 Å². The molecule has 0 atom stereocenters. The summed E-state index contributed by atoms with van der Waals surface area (Å²) in [6, 6.07) is 0. The molecule has 0 saturated heterocycles. The maximum atomic E-state index is 5.43. The van der Waals surface area contributed by atoms with Crippen molar-refractivity contribution < 1.29 is 0 Å². The van der Waals surface area contributed by atoms with E-state index < -0.39 is 0 Å². The summed E-state index contributed by atoms with van der Waals surface area (Å²) in [5, 5.41) is 7.79. The van der Waals surface area contributed by atoms with Gasteiger partial charge in [-0.2, -0.15) is 0 Å². The zero-order chi connectivity index (χ0) is 20.6. The van der Waals surface area contributed by atoms with Crippen LogP contribution in [0.25, 0.3) is 0 Å². The first-order chi connectivity index (χ1) is 14.2. The fraction of sp³-hybridized carbons (Fsp3) is 0.905. The number of thiocarbonyl (C=S) groups is 2. The van der Waals surface area contributed by atoms with Crippen LogP contribution in [0.4, 0.5) is 0 Å². The summed E-state index contributed by atoms with van der Waals surface area (Å²) in [4.78, 5) is 0. The van der Waals surface area contributed by atoms with Crippen molar-refractivity contribution in [3.05, 3.63) is 0 Å². The SMILES string of the molecule is S=C(NCCCC1CCCCC1)SSCSSC(=S)NCCCC1CCCCC1. The van der Waals surface area contributed by atoms with Crippen LogP contribution >= 0.6 is 67.6 Å². The molecule has 0 radical (unpaired) electrons. The second-order valence-electron chi connectivity index (χ2n) is 8.24. The lowest BCUT2D eigenvalue weighted by Crippen LogP contribution is -2.20. The summed E-state index contributed by atoms with van der Waals surface area (Å²) < 4.78 is 1.85. The average Bonchev–Trinajstić information content (AvgIpc) is 2.75. The zero-order valence-corrected chi connectivity index (χ0v) is 22.5. The third-order valence-electron chi connectivity index (χ3n) is 5.93. The van der Waals surface area contributed by atoms with Crippen LogP contribution in [-0.4, -0.2) is 26.8 Å². The normalized spacial score (nSPS) is 18.5. The summed E-state index contributed by atoms with van der Waals surface area (Å²) in [6.45, 7) is 2.05. The van der Waals surface area contributed by atoms with E-state index in [-0.39, 0.29) is 0 Å². The lowest BCUT2D eigenvalue weighted by atomic mass is 9.86. The van der Waals surface area contributed by atoms with Crippen molar-refractivity contribution in [3.8, 4) is 0 Å². The van der Waals surface area contributed by atoms with Crippen LogP contribution in [0.5, 0.6) is 0 Å². The average molecular weight is 511 g/mol. The molecule has 0 aromatic carbocycles. The summed E-state index contributed by atoms with van der Waals surface area (Å²) in [6.07, 6.45) is 19.7. The molecule has 168 valence electrons. The second kappa shape index (κ2) is 17.7. The molecule has 0 aromatic heterocycles. The van der Waals surface area contributed by atoms with Gasteiger partial charge in [0.15, 0.2) is 0 Å². The highest BCUT2D eigenvalue weighted by atomic mass is 33.1. The Morgan fingerprint density at radius 3 is 1.48 bits per heavy atom. The Balaban J connectivity index is 1.33. The van der Waals surface area contributed by atoms with Gasteiger partial charge in [-0.25, -0.2) is 0 Å². The Hall–Kier alpha value is 1.18.